The molecule has 0 bridgehead atoms. The number of pyridine rings is 1. The molecule has 0 aliphatic heterocycles. The molecule has 16 heavy (non-hydrogen) atoms. The van der Waals surface area contributed by atoms with Crippen LogP contribution in [-0.2, 0) is 11.2 Å². The Hall–Kier alpha value is -1.43. The van der Waals surface area contributed by atoms with Gasteiger partial charge in [0.25, 0.3) is 6.43 Å². The molecule has 0 aromatic carbocycles. The van der Waals surface area contributed by atoms with E-state index in [1.165, 1.54) is 7.11 Å². The van der Waals surface area contributed by atoms with Gasteiger partial charge in [-0.1, -0.05) is 11.6 Å². The van der Waals surface area contributed by atoms with Crippen molar-refractivity contribution < 1.29 is 23.4 Å². The zero-order valence-corrected chi connectivity index (χ0v) is 8.96. The summed E-state index contributed by atoms with van der Waals surface area (Å²) < 4.78 is 29.7. The number of aromatic nitrogens is 1. The first-order valence-corrected chi connectivity index (χ1v) is 4.56. The van der Waals surface area contributed by atoms with Crippen molar-refractivity contribution in [3.8, 4) is 5.75 Å². The Morgan fingerprint density at radius 2 is 2.31 bits per heavy atom. The maximum absolute atomic E-state index is 12.5. The molecule has 1 N–H and O–H groups in total. The smallest absolute Gasteiger partial charge is 0.309 e. The van der Waals surface area contributed by atoms with Gasteiger partial charge in [0.15, 0.2) is 0 Å². The first-order chi connectivity index (χ1) is 7.47. The summed E-state index contributed by atoms with van der Waals surface area (Å²) in [5.74, 6) is -1.39. The number of carbonyl (C=O) groups is 1. The lowest BCUT2D eigenvalue weighted by Gasteiger charge is -2.11. The fraction of sp³-hybridized carbons (Fsp3) is 0.333. The number of carboxylic acid groups (broad SMARTS) is 1. The van der Waals surface area contributed by atoms with E-state index in [1.54, 1.807) is 0 Å². The van der Waals surface area contributed by atoms with Crippen LogP contribution in [0.3, 0.4) is 0 Å². The molecule has 0 saturated heterocycles. The Balaban J connectivity index is 3.23. The Morgan fingerprint density at radius 3 is 2.75 bits per heavy atom. The number of carboxylic acids is 1. The summed E-state index contributed by atoms with van der Waals surface area (Å²) in [6.45, 7) is 0. The SMILES string of the molecule is COc1c(C(F)F)cnc(CC(=O)O)c1Cl. The highest BCUT2D eigenvalue weighted by Crippen LogP contribution is 2.36. The van der Waals surface area contributed by atoms with Crippen LogP contribution in [0.15, 0.2) is 6.20 Å². The highest BCUT2D eigenvalue weighted by atomic mass is 35.5. The van der Waals surface area contributed by atoms with Gasteiger partial charge in [-0.2, -0.15) is 0 Å². The molecule has 0 unspecified atom stereocenters. The summed E-state index contributed by atoms with van der Waals surface area (Å²) in [7, 11) is 1.18. The number of hydrogen-bond acceptors (Lipinski definition) is 3. The average molecular weight is 252 g/mol. The number of aliphatic carboxylic acids is 1. The predicted octanol–water partition coefficient (Wildman–Crippen LogP) is 2.31. The molecule has 0 atom stereocenters. The molecule has 0 aliphatic carbocycles. The van der Waals surface area contributed by atoms with Crippen molar-refractivity contribution in [1.82, 2.24) is 4.98 Å². The van der Waals surface area contributed by atoms with Crippen LogP contribution in [0.25, 0.3) is 0 Å². The van der Waals surface area contributed by atoms with Crippen LogP contribution >= 0.6 is 11.6 Å². The third-order valence-corrected chi connectivity index (χ3v) is 2.22. The molecule has 0 radical (unpaired) electrons. The largest absolute Gasteiger partial charge is 0.495 e. The third-order valence-electron chi connectivity index (χ3n) is 1.83. The number of halogens is 3. The van der Waals surface area contributed by atoms with E-state index in [4.69, 9.17) is 21.4 Å². The standard InChI is InChI=1S/C9H8ClF2NO3/c1-16-8-4(9(11)12)3-13-5(7(8)10)2-6(14)15/h3,9H,2H2,1H3,(H,14,15). The topological polar surface area (TPSA) is 59.4 Å². The maximum atomic E-state index is 12.5. The molecule has 0 amide bonds. The molecular formula is C9H8ClF2NO3. The first-order valence-electron chi connectivity index (χ1n) is 4.18. The van der Waals surface area contributed by atoms with Crippen molar-refractivity contribution in [2.24, 2.45) is 0 Å². The Kier molecular flexibility index (Phi) is 4.00. The van der Waals surface area contributed by atoms with Crippen LogP contribution in [0.2, 0.25) is 5.02 Å². The highest BCUT2D eigenvalue weighted by molar-refractivity contribution is 6.33. The van der Waals surface area contributed by atoms with Crippen LogP contribution in [0.4, 0.5) is 8.78 Å². The second-order valence-corrected chi connectivity index (χ2v) is 3.26. The minimum Gasteiger partial charge on any atom is -0.495 e. The fourth-order valence-electron chi connectivity index (χ4n) is 1.15. The lowest BCUT2D eigenvalue weighted by atomic mass is 10.2. The molecule has 88 valence electrons. The summed E-state index contributed by atoms with van der Waals surface area (Å²) in [5.41, 5.74) is -0.461. The van der Waals surface area contributed by atoms with Crippen LogP contribution in [0.5, 0.6) is 5.75 Å². The van der Waals surface area contributed by atoms with Crippen molar-refractivity contribution in [2.75, 3.05) is 7.11 Å². The number of hydrogen-bond donors (Lipinski definition) is 1. The van der Waals surface area contributed by atoms with Gasteiger partial charge in [0, 0.05) is 6.20 Å². The van der Waals surface area contributed by atoms with E-state index in [0.717, 1.165) is 6.20 Å². The number of rotatable bonds is 4. The number of alkyl halides is 2. The minimum atomic E-state index is -2.78. The van der Waals surface area contributed by atoms with Crippen molar-refractivity contribution in [3.63, 3.8) is 0 Å². The second kappa shape index (κ2) is 5.07. The maximum Gasteiger partial charge on any atom is 0.309 e. The second-order valence-electron chi connectivity index (χ2n) is 2.88. The van der Waals surface area contributed by atoms with E-state index in [0.29, 0.717) is 0 Å². The van der Waals surface area contributed by atoms with E-state index in [1.807, 2.05) is 0 Å². The van der Waals surface area contributed by atoms with Crippen LogP contribution < -0.4 is 4.74 Å². The van der Waals surface area contributed by atoms with E-state index in [2.05, 4.69) is 4.98 Å². The average Bonchev–Trinajstić information content (AvgIpc) is 2.19. The van der Waals surface area contributed by atoms with Crippen LogP contribution in [0.1, 0.15) is 17.7 Å². The quantitative estimate of drug-likeness (QED) is 0.892. The predicted molar refractivity (Wildman–Crippen MR) is 52.1 cm³/mol. The molecule has 1 aromatic heterocycles. The van der Waals surface area contributed by atoms with Gasteiger partial charge in [-0.05, 0) is 0 Å². The molecule has 0 aliphatic rings. The normalized spacial score (nSPS) is 10.6. The molecule has 7 heteroatoms. The molecular weight excluding hydrogens is 244 g/mol. The number of methoxy groups -OCH3 is 1. The van der Waals surface area contributed by atoms with Gasteiger partial charge in [0.05, 0.1) is 24.8 Å². The Morgan fingerprint density at radius 1 is 1.69 bits per heavy atom. The van der Waals surface area contributed by atoms with E-state index >= 15 is 0 Å². The summed E-state index contributed by atoms with van der Waals surface area (Å²) in [4.78, 5) is 14.0. The van der Waals surface area contributed by atoms with E-state index in [9.17, 15) is 13.6 Å². The van der Waals surface area contributed by atoms with Crippen LogP contribution in [-0.4, -0.2) is 23.2 Å². The summed E-state index contributed by atoms with van der Waals surface area (Å²) >= 11 is 5.72. The summed E-state index contributed by atoms with van der Waals surface area (Å²) in [6.07, 6.45) is -2.36. The van der Waals surface area contributed by atoms with Crippen molar-refractivity contribution in [2.45, 2.75) is 12.8 Å². The molecule has 0 fully saturated rings. The minimum absolute atomic E-state index is 0.00424. The molecule has 0 spiro atoms. The van der Waals surface area contributed by atoms with Gasteiger partial charge < -0.3 is 9.84 Å². The summed E-state index contributed by atoms with van der Waals surface area (Å²) in [6, 6.07) is 0. The van der Waals surface area contributed by atoms with Gasteiger partial charge in [0.1, 0.15) is 10.8 Å². The van der Waals surface area contributed by atoms with Crippen molar-refractivity contribution >= 4 is 17.6 Å². The zero-order valence-electron chi connectivity index (χ0n) is 8.21. The van der Waals surface area contributed by atoms with E-state index < -0.39 is 24.4 Å². The van der Waals surface area contributed by atoms with E-state index in [-0.39, 0.29) is 16.5 Å². The number of nitrogens with zero attached hydrogens (tertiary/aromatic N) is 1. The molecule has 1 heterocycles. The highest BCUT2D eigenvalue weighted by Gasteiger charge is 2.21. The Bertz CT molecular complexity index is 412. The monoisotopic (exact) mass is 251 g/mol. The van der Waals surface area contributed by atoms with Crippen molar-refractivity contribution in [3.05, 3.63) is 22.5 Å². The van der Waals surface area contributed by atoms with Gasteiger partial charge >= 0.3 is 5.97 Å². The van der Waals surface area contributed by atoms with Gasteiger partial charge in [-0.3, -0.25) is 9.78 Å². The third kappa shape index (κ3) is 2.57. The fourth-order valence-corrected chi connectivity index (χ4v) is 1.45. The lowest BCUT2D eigenvalue weighted by molar-refractivity contribution is -0.136. The first kappa shape index (κ1) is 12.6. The lowest BCUT2D eigenvalue weighted by Crippen LogP contribution is -2.05. The van der Waals surface area contributed by atoms with Crippen LogP contribution in [0, 0.1) is 0 Å². The van der Waals surface area contributed by atoms with Gasteiger partial charge in [-0.15, -0.1) is 0 Å². The van der Waals surface area contributed by atoms with Gasteiger partial charge in [-0.25, -0.2) is 8.78 Å². The van der Waals surface area contributed by atoms with Gasteiger partial charge in [0.2, 0.25) is 0 Å². The summed E-state index contributed by atoms with van der Waals surface area (Å²) in [5, 5.41) is 8.35. The Labute approximate surface area is 94.8 Å². The molecule has 0 saturated carbocycles. The zero-order chi connectivity index (χ0) is 12.3. The molecule has 1 aromatic rings. The van der Waals surface area contributed by atoms with Crippen molar-refractivity contribution in [1.29, 1.82) is 0 Å². The number of ether oxygens (including phenoxy) is 1. The molecule has 4 nitrogen and oxygen atoms in total. The molecule has 1 rings (SSSR count).